The van der Waals surface area contributed by atoms with Gasteiger partial charge in [-0.05, 0) is 12.1 Å². The SMILES string of the molecule is NS(=O)(=O)C1(c2ccccc2)c2c(Cl)cccc2C(=O)N1O. The van der Waals surface area contributed by atoms with Crippen molar-refractivity contribution in [1.29, 1.82) is 0 Å². The molecule has 0 fully saturated rings. The second-order valence-electron chi connectivity index (χ2n) is 4.83. The fourth-order valence-corrected chi connectivity index (χ4v) is 4.43. The predicted molar refractivity (Wildman–Crippen MR) is 79.7 cm³/mol. The number of benzene rings is 2. The number of hydroxylamine groups is 2. The average molecular weight is 339 g/mol. The molecule has 0 saturated heterocycles. The third-order valence-corrected chi connectivity index (χ3v) is 5.40. The van der Waals surface area contributed by atoms with Gasteiger partial charge in [0.15, 0.2) is 0 Å². The summed E-state index contributed by atoms with van der Waals surface area (Å²) in [5.74, 6) is -0.879. The molecule has 0 aromatic heterocycles. The summed E-state index contributed by atoms with van der Waals surface area (Å²) in [4.78, 5) is 10.0. The van der Waals surface area contributed by atoms with E-state index in [1.54, 1.807) is 18.2 Å². The number of nitrogens with two attached hydrogens (primary N) is 1. The Bertz CT molecular complexity index is 870. The number of halogens is 1. The molecule has 2 aromatic carbocycles. The predicted octanol–water partition coefficient (Wildman–Crippen LogP) is 1.67. The van der Waals surface area contributed by atoms with Crippen LogP contribution >= 0.6 is 11.6 Å². The van der Waals surface area contributed by atoms with E-state index in [1.807, 2.05) is 0 Å². The van der Waals surface area contributed by atoms with E-state index in [4.69, 9.17) is 16.7 Å². The maximum Gasteiger partial charge on any atom is 0.279 e. The molecule has 0 spiro atoms. The van der Waals surface area contributed by atoms with Gasteiger partial charge < -0.3 is 0 Å². The number of amides is 1. The summed E-state index contributed by atoms with van der Waals surface area (Å²) in [5.41, 5.74) is 0.0749. The van der Waals surface area contributed by atoms with Gasteiger partial charge in [0.05, 0.1) is 5.56 Å². The van der Waals surface area contributed by atoms with Gasteiger partial charge in [0.1, 0.15) is 0 Å². The Morgan fingerprint density at radius 2 is 1.73 bits per heavy atom. The molecule has 22 heavy (non-hydrogen) atoms. The van der Waals surface area contributed by atoms with E-state index in [0.717, 1.165) is 0 Å². The summed E-state index contributed by atoms with van der Waals surface area (Å²) in [7, 11) is -4.46. The second kappa shape index (κ2) is 4.79. The van der Waals surface area contributed by atoms with Crippen LogP contribution in [0.3, 0.4) is 0 Å². The lowest BCUT2D eigenvalue weighted by Crippen LogP contribution is -2.51. The van der Waals surface area contributed by atoms with Gasteiger partial charge in [-0.3, -0.25) is 10.0 Å². The Labute approximate surface area is 131 Å². The van der Waals surface area contributed by atoms with Gasteiger partial charge >= 0.3 is 0 Å². The van der Waals surface area contributed by atoms with Crippen molar-refractivity contribution >= 4 is 27.5 Å². The first-order valence-electron chi connectivity index (χ1n) is 6.22. The first-order chi connectivity index (χ1) is 10.3. The Kier molecular flexibility index (Phi) is 3.26. The van der Waals surface area contributed by atoms with Gasteiger partial charge in [0, 0.05) is 16.1 Å². The van der Waals surface area contributed by atoms with Crippen LogP contribution in [-0.4, -0.2) is 24.6 Å². The molecule has 114 valence electrons. The van der Waals surface area contributed by atoms with E-state index in [2.05, 4.69) is 0 Å². The number of primary sulfonamides is 1. The minimum atomic E-state index is -4.46. The van der Waals surface area contributed by atoms with Gasteiger partial charge in [-0.2, -0.15) is 5.06 Å². The van der Waals surface area contributed by atoms with Crippen LogP contribution in [0, 0.1) is 0 Å². The zero-order chi connectivity index (χ0) is 16.1. The zero-order valence-corrected chi connectivity index (χ0v) is 12.7. The lowest BCUT2D eigenvalue weighted by atomic mass is 9.97. The normalized spacial score (nSPS) is 21.0. The highest BCUT2D eigenvalue weighted by Gasteiger charge is 2.60. The van der Waals surface area contributed by atoms with Crippen LogP contribution in [0.5, 0.6) is 0 Å². The van der Waals surface area contributed by atoms with Crippen LogP contribution in [0.4, 0.5) is 0 Å². The van der Waals surface area contributed by atoms with Crippen molar-refractivity contribution in [2.24, 2.45) is 5.14 Å². The number of sulfonamides is 1. The summed E-state index contributed by atoms with van der Waals surface area (Å²) in [5, 5.41) is 15.9. The Balaban J connectivity index is 2.51. The number of hydrogen-bond donors (Lipinski definition) is 2. The topological polar surface area (TPSA) is 101 Å². The second-order valence-corrected chi connectivity index (χ2v) is 6.92. The summed E-state index contributed by atoms with van der Waals surface area (Å²) >= 11 is 6.13. The Morgan fingerprint density at radius 1 is 1.09 bits per heavy atom. The standard InChI is InChI=1S/C14H11ClN2O4S/c15-11-8-4-7-10-12(11)14(22(16,20)21,17(19)13(10)18)9-5-2-1-3-6-9/h1-8,19H,(H2,16,20,21). The maximum absolute atomic E-state index is 12.4. The first-order valence-corrected chi connectivity index (χ1v) is 8.14. The van der Waals surface area contributed by atoms with Crippen LogP contribution < -0.4 is 5.14 Å². The van der Waals surface area contributed by atoms with E-state index in [1.165, 1.54) is 30.3 Å². The quantitative estimate of drug-likeness (QED) is 0.813. The summed E-state index contributed by atoms with van der Waals surface area (Å²) in [6.07, 6.45) is 0. The number of carbonyl (C=O) groups excluding carboxylic acids is 1. The van der Waals surface area contributed by atoms with E-state index in [0.29, 0.717) is 0 Å². The summed E-state index contributed by atoms with van der Waals surface area (Å²) in [6, 6.07) is 12.1. The molecule has 1 amide bonds. The van der Waals surface area contributed by atoms with Crippen LogP contribution in [0.1, 0.15) is 21.5 Å². The first kappa shape index (κ1) is 15.0. The van der Waals surface area contributed by atoms with E-state index in [-0.39, 0.29) is 26.8 Å². The van der Waals surface area contributed by atoms with Gasteiger partial charge in [-0.1, -0.05) is 48.0 Å². The Hall–Kier alpha value is -1.93. The average Bonchev–Trinajstić information content (AvgIpc) is 2.71. The number of carbonyl (C=O) groups is 1. The van der Waals surface area contributed by atoms with Crippen molar-refractivity contribution in [3.63, 3.8) is 0 Å². The number of hydrogen-bond acceptors (Lipinski definition) is 4. The monoisotopic (exact) mass is 338 g/mol. The molecule has 1 heterocycles. The molecule has 8 heteroatoms. The molecular formula is C14H11ClN2O4S. The Morgan fingerprint density at radius 3 is 2.32 bits per heavy atom. The molecule has 0 bridgehead atoms. The fraction of sp³-hybridized carbons (Fsp3) is 0.0714. The van der Waals surface area contributed by atoms with E-state index in [9.17, 15) is 18.4 Å². The molecule has 6 nitrogen and oxygen atoms in total. The van der Waals surface area contributed by atoms with Crippen molar-refractivity contribution in [2.45, 2.75) is 4.87 Å². The maximum atomic E-state index is 12.4. The molecule has 0 aliphatic carbocycles. The molecule has 1 atom stereocenters. The summed E-state index contributed by atoms with van der Waals surface area (Å²) in [6.45, 7) is 0. The van der Waals surface area contributed by atoms with Crippen LogP contribution in [-0.2, 0) is 14.9 Å². The lowest BCUT2D eigenvalue weighted by Gasteiger charge is -2.33. The molecule has 1 aliphatic rings. The van der Waals surface area contributed by atoms with Gasteiger partial charge in [0.25, 0.3) is 5.91 Å². The zero-order valence-electron chi connectivity index (χ0n) is 11.1. The smallest absolute Gasteiger partial charge is 0.279 e. The largest absolute Gasteiger partial charge is 0.283 e. The van der Waals surface area contributed by atoms with Crippen molar-refractivity contribution < 1.29 is 18.4 Å². The minimum absolute atomic E-state index is 0.00659. The summed E-state index contributed by atoms with van der Waals surface area (Å²) < 4.78 is 24.8. The molecule has 2 aromatic rings. The van der Waals surface area contributed by atoms with Gasteiger partial charge in [0.2, 0.25) is 14.9 Å². The number of rotatable bonds is 2. The van der Waals surface area contributed by atoms with Crippen LogP contribution in [0.15, 0.2) is 48.5 Å². The fourth-order valence-electron chi connectivity index (χ4n) is 2.77. The number of fused-ring (bicyclic) bond motifs is 1. The van der Waals surface area contributed by atoms with Gasteiger partial charge in [-0.25, -0.2) is 13.6 Å². The number of nitrogens with zero attached hydrogens (tertiary/aromatic N) is 1. The highest BCUT2D eigenvalue weighted by Crippen LogP contribution is 2.48. The third-order valence-electron chi connectivity index (χ3n) is 3.65. The highest BCUT2D eigenvalue weighted by molar-refractivity contribution is 7.90. The van der Waals surface area contributed by atoms with Crippen LogP contribution in [0.25, 0.3) is 0 Å². The molecule has 3 rings (SSSR count). The van der Waals surface area contributed by atoms with Crippen molar-refractivity contribution in [1.82, 2.24) is 5.06 Å². The molecule has 1 aliphatic heterocycles. The van der Waals surface area contributed by atoms with E-state index < -0.39 is 20.8 Å². The third kappa shape index (κ3) is 1.74. The minimum Gasteiger partial charge on any atom is -0.283 e. The van der Waals surface area contributed by atoms with Crippen molar-refractivity contribution in [3.8, 4) is 0 Å². The highest BCUT2D eigenvalue weighted by atomic mass is 35.5. The molecule has 0 saturated carbocycles. The lowest BCUT2D eigenvalue weighted by molar-refractivity contribution is -0.0864. The molecule has 3 N–H and O–H groups in total. The van der Waals surface area contributed by atoms with Gasteiger partial charge in [-0.15, -0.1) is 0 Å². The molecule has 1 unspecified atom stereocenters. The molecular weight excluding hydrogens is 328 g/mol. The van der Waals surface area contributed by atoms with Crippen molar-refractivity contribution in [2.75, 3.05) is 0 Å². The van der Waals surface area contributed by atoms with E-state index >= 15 is 0 Å². The molecule has 0 radical (unpaired) electrons. The van der Waals surface area contributed by atoms with Crippen LogP contribution in [0.2, 0.25) is 5.02 Å². The van der Waals surface area contributed by atoms with Crippen molar-refractivity contribution in [3.05, 3.63) is 70.2 Å².